The predicted molar refractivity (Wildman–Crippen MR) is 104 cm³/mol. The molecular weight excluding hydrogens is 342 g/mol. The minimum atomic E-state index is -1.64. The van der Waals surface area contributed by atoms with E-state index in [1.165, 1.54) is 16.0 Å². The molecule has 3 nitrogen and oxygen atoms in total. The summed E-state index contributed by atoms with van der Waals surface area (Å²) in [6.07, 6.45) is 1.06. The van der Waals surface area contributed by atoms with E-state index in [0.717, 1.165) is 11.3 Å². The van der Waals surface area contributed by atoms with E-state index in [9.17, 15) is 10.1 Å². The van der Waals surface area contributed by atoms with Crippen LogP contribution in [0.3, 0.4) is 0 Å². The van der Waals surface area contributed by atoms with Crippen LogP contribution in [0.25, 0.3) is 0 Å². The third-order valence-electron chi connectivity index (χ3n) is 4.01. The largest absolute Gasteiger partial charge is 0.283 e. The average molecular weight is 364 g/mol. The topological polar surface area (TPSA) is 43.1 Å². The molecule has 23 heavy (non-hydrogen) atoms. The van der Waals surface area contributed by atoms with E-state index in [-0.39, 0.29) is 10.6 Å². The van der Waals surface area contributed by atoms with Crippen LogP contribution in [0.5, 0.6) is 0 Å². The van der Waals surface area contributed by atoms with Crippen molar-refractivity contribution in [3.8, 4) is 0 Å². The number of benzene rings is 2. The van der Waals surface area contributed by atoms with E-state index < -0.39 is 8.07 Å². The third-order valence-corrected chi connectivity index (χ3v) is 13.2. The zero-order valence-corrected chi connectivity index (χ0v) is 16.2. The Hall–Kier alpha value is -1.24. The zero-order valence-electron chi connectivity index (χ0n) is 13.6. The Morgan fingerprint density at radius 2 is 1.70 bits per heavy atom. The van der Waals surface area contributed by atoms with Crippen LogP contribution in [0, 0.1) is 10.1 Å². The van der Waals surface area contributed by atoms with Gasteiger partial charge in [0.1, 0.15) is 0 Å². The average Bonchev–Trinajstić information content (AvgIpc) is 2.56. The number of para-hydroxylation sites is 1. The van der Waals surface area contributed by atoms with Crippen LogP contribution >= 0.6 is 21.6 Å². The summed E-state index contributed by atoms with van der Waals surface area (Å²) in [5.41, 5.74) is 0.194. The van der Waals surface area contributed by atoms with Crippen LogP contribution in [-0.4, -0.2) is 17.9 Å². The van der Waals surface area contributed by atoms with Crippen molar-refractivity contribution in [3.63, 3.8) is 0 Å². The first-order valence-electron chi connectivity index (χ1n) is 7.59. The van der Waals surface area contributed by atoms with Gasteiger partial charge in [0.25, 0.3) is 5.69 Å². The van der Waals surface area contributed by atoms with Gasteiger partial charge in [0.15, 0.2) is 0 Å². The molecule has 0 heterocycles. The maximum atomic E-state index is 11.1. The van der Waals surface area contributed by atoms with Gasteiger partial charge in [-0.2, -0.15) is 0 Å². The Kier molecular flexibility index (Phi) is 6.32. The normalized spacial score (nSPS) is 12.8. The van der Waals surface area contributed by atoms with Crippen LogP contribution < -0.4 is 5.19 Å². The second-order valence-corrected chi connectivity index (χ2v) is 13.5. The van der Waals surface area contributed by atoms with Gasteiger partial charge in [-0.05, 0) is 12.5 Å². The van der Waals surface area contributed by atoms with Crippen LogP contribution in [0.1, 0.15) is 13.3 Å². The SMILES string of the molecule is CCC(SSc1ccccc1[N+](=O)[O-])[Si](C)(C)c1ccccc1. The Labute approximate surface area is 146 Å². The van der Waals surface area contributed by atoms with Gasteiger partial charge in [-0.25, -0.2) is 0 Å². The first-order chi connectivity index (χ1) is 11.0. The highest BCUT2D eigenvalue weighted by atomic mass is 33.1. The Morgan fingerprint density at radius 1 is 1.09 bits per heavy atom. The van der Waals surface area contributed by atoms with Gasteiger partial charge in [0, 0.05) is 10.9 Å². The molecule has 2 aromatic carbocycles. The van der Waals surface area contributed by atoms with Gasteiger partial charge >= 0.3 is 0 Å². The highest BCUT2D eigenvalue weighted by Gasteiger charge is 2.33. The lowest BCUT2D eigenvalue weighted by atomic mass is 10.3. The molecule has 2 aromatic rings. The summed E-state index contributed by atoms with van der Waals surface area (Å²) in [5.74, 6) is 0. The molecule has 122 valence electrons. The molecule has 0 radical (unpaired) electrons. The molecule has 0 saturated heterocycles. The molecule has 0 saturated carbocycles. The highest BCUT2D eigenvalue weighted by Crippen LogP contribution is 2.42. The predicted octanol–water partition coefficient (Wildman–Crippen LogP) is 5.27. The number of nitro benzene ring substituents is 1. The van der Waals surface area contributed by atoms with Gasteiger partial charge in [-0.3, -0.25) is 10.1 Å². The molecule has 0 aliphatic heterocycles. The summed E-state index contributed by atoms with van der Waals surface area (Å²) < 4.78 is 0. The molecule has 0 fully saturated rings. The lowest BCUT2D eigenvalue weighted by Crippen LogP contribution is -2.50. The van der Waals surface area contributed by atoms with E-state index in [4.69, 9.17) is 0 Å². The summed E-state index contributed by atoms with van der Waals surface area (Å²) in [7, 11) is 1.69. The van der Waals surface area contributed by atoms with Gasteiger partial charge in [-0.15, -0.1) is 0 Å². The number of rotatable bonds is 7. The molecule has 6 heteroatoms. The highest BCUT2D eigenvalue weighted by molar-refractivity contribution is 8.77. The van der Waals surface area contributed by atoms with Gasteiger partial charge in [0.2, 0.25) is 0 Å². The van der Waals surface area contributed by atoms with Crippen molar-refractivity contribution in [3.05, 3.63) is 64.7 Å². The maximum absolute atomic E-state index is 11.1. The van der Waals surface area contributed by atoms with Gasteiger partial charge < -0.3 is 0 Å². The summed E-state index contributed by atoms with van der Waals surface area (Å²) in [6, 6.07) is 17.6. The smallest absolute Gasteiger partial charge is 0.258 e. The molecule has 1 atom stereocenters. The number of hydrogen-bond donors (Lipinski definition) is 0. The fourth-order valence-corrected chi connectivity index (χ4v) is 11.2. The van der Waals surface area contributed by atoms with Gasteiger partial charge in [0.05, 0.1) is 17.9 Å². The van der Waals surface area contributed by atoms with Crippen LogP contribution in [0.2, 0.25) is 13.1 Å². The summed E-state index contributed by atoms with van der Waals surface area (Å²) in [4.78, 5) is 12.1. The van der Waals surface area contributed by atoms with Crippen molar-refractivity contribution in [1.82, 2.24) is 0 Å². The third kappa shape index (κ3) is 4.40. The molecule has 1 unspecified atom stereocenters. The fraction of sp³-hybridized carbons (Fsp3) is 0.294. The van der Waals surface area contributed by atoms with E-state index in [1.807, 2.05) is 18.2 Å². The Bertz CT molecular complexity index is 665. The minimum Gasteiger partial charge on any atom is -0.258 e. The molecule has 0 aliphatic carbocycles. The van der Waals surface area contributed by atoms with Crippen LogP contribution in [-0.2, 0) is 0 Å². The Balaban J connectivity index is 2.16. The van der Waals surface area contributed by atoms with E-state index >= 15 is 0 Å². The summed E-state index contributed by atoms with van der Waals surface area (Å²) in [6.45, 7) is 6.96. The molecule has 0 aliphatic rings. The van der Waals surface area contributed by atoms with Crippen molar-refractivity contribution in [1.29, 1.82) is 0 Å². The van der Waals surface area contributed by atoms with Crippen molar-refractivity contribution in [2.45, 2.75) is 36.2 Å². The van der Waals surface area contributed by atoms with Crippen molar-refractivity contribution in [2.75, 3.05) is 0 Å². The standard InChI is InChI=1S/C17H21NO2S2Si/c1-4-17(23(2,3)14-10-6-5-7-11-14)22-21-16-13-9-8-12-15(16)18(19)20/h5-13,17H,4H2,1-3H3. The molecule has 0 N–H and O–H groups in total. The van der Waals surface area contributed by atoms with Crippen molar-refractivity contribution < 1.29 is 4.92 Å². The monoisotopic (exact) mass is 363 g/mol. The molecule has 0 spiro atoms. The van der Waals surface area contributed by atoms with E-state index in [1.54, 1.807) is 22.9 Å². The number of nitro groups is 1. The van der Waals surface area contributed by atoms with Gasteiger partial charge in [-0.1, -0.05) is 89.3 Å². The minimum absolute atomic E-state index is 0.194. The lowest BCUT2D eigenvalue weighted by molar-refractivity contribution is -0.387. The quantitative estimate of drug-likeness (QED) is 0.291. The second-order valence-electron chi connectivity index (χ2n) is 5.89. The molecule has 2 rings (SSSR count). The van der Waals surface area contributed by atoms with E-state index in [0.29, 0.717) is 4.87 Å². The summed E-state index contributed by atoms with van der Waals surface area (Å²) in [5, 5.41) is 12.6. The first kappa shape index (κ1) is 18.1. The number of nitrogens with zero attached hydrogens (tertiary/aromatic N) is 1. The van der Waals surface area contributed by atoms with Crippen molar-refractivity contribution >= 4 is 40.5 Å². The second kappa shape index (κ2) is 8.03. The van der Waals surface area contributed by atoms with Crippen LogP contribution in [0.15, 0.2) is 59.5 Å². The molecule has 0 aromatic heterocycles. The zero-order chi connectivity index (χ0) is 16.9. The Morgan fingerprint density at radius 3 is 2.30 bits per heavy atom. The number of hydrogen-bond acceptors (Lipinski definition) is 4. The fourth-order valence-electron chi connectivity index (χ4n) is 2.54. The molecule has 0 amide bonds. The van der Waals surface area contributed by atoms with Crippen LogP contribution in [0.4, 0.5) is 5.69 Å². The maximum Gasteiger partial charge on any atom is 0.283 e. The molecule has 0 bridgehead atoms. The first-order valence-corrected chi connectivity index (χ1v) is 12.9. The summed E-state index contributed by atoms with van der Waals surface area (Å²) >= 11 is 0. The molecular formula is C17H21NO2S2Si. The lowest BCUT2D eigenvalue weighted by Gasteiger charge is -2.31. The van der Waals surface area contributed by atoms with E-state index in [2.05, 4.69) is 44.3 Å². The van der Waals surface area contributed by atoms with Crippen molar-refractivity contribution in [2.24, 2.45) is 0 Å².